The number of rotatable bonds is 3. The molecular formula is C18H23FN4O2. The van der Waals surface area contributed by atoms with Gasteiger partial charge in [-0.05, 0) is 51.8 Å². The van der Waals surface area contributed by atoms with Crippen molar-refractivity contribution in [3.05, 3.63) is 41.8 Å². The van der Waals surface area contributed by atoms with Crippen molar-refractivity contribution < 1.29 is 14.3 Å². The van der Waals surface area contributed by atoms with Gasteiger partial charge in [-0.1, -0.05) is 6.07 Å². The van der Waals surface area contributed by atoms with Crippen LogP contribution in [-0.4, -0.2) is 44.0 Å². The quantitative estimate of drug-likeness (QED) is 0.897. The van der Waals surface area contributed by atoms with E-state index in [0.717, 1.165) is 18.5 Å². The van der Waals surface area contributed by atoms with E-state index in [2.05, 4.69) is 10.4 Å². The van der Waals surface area contributed by atoms with Crippen molar-refractivity contribution in [1.29, 1.82) is 0 Å². The third-order valence-electron chi connectivity index (χ3n) is 4.50. The lowest BCUT2D eigenvalue weighted by Gasteiger charge is -2.33. The molecule has 1 aliphatic heterocycles. The van der Waals surface area contributed by atoms with E-state index in [9.17, 15) is 14.3 Å². The number of hydrogen-bond donors (Lipinski definition) is 2. The van der Waals surface area contributed by atoms with E-state index < -0.39 is 5.60 Å². The van der Waals surface area contributed by atoms with Crippen LogP contribution in [0.4, 0.5) is 15.0 Å². The highest BCUT2D eigenvalue weighted by atomic mass is 19.1. The topological polar surface area (TPSA) is 70.4 Å². The Kier molecular flexibility index (Phi) is 4.51. The van der Waals surface area contributed by atoms with Gasteiger partial charge < -0.3 is 10.0 Å². The van der Waals surface area contributed by atoms with Crippen LogP contribution in [-0.2, 0) is 0 Å². The average Bonchev–Trinajstić information content (AvgIpc) is 3.13. The van der Waals surface area contributed by atoms with Gasteiger partial charge in [-0.3, -0.25) is 5.32 Å². The monoisotopic (exact) mass is 346 g/mol. The molecule has 1 fully saturated rings. The van der Waals surface area contributed by atoms with E-state index in [-0.39, 0.29) is 17.9 Å². The molecule has 7 heteroatoms. The summed E-state index contributed by atoms with van der Waals surface area (Å²) in [5, 5.41) is 17.4. The number of amides is 2. The molecule has 1 aromatic carbocycles. The number of nitrogens with zero attached hydrogens (tertiary/aromatic N) is 3. The number of carbonyl (C=O) groups excluding carboxylic acids is 1. The molecule has 2 amide bonds. The summed E-state index contributed by atoms with van der Waals surface area (Å²) in [6, 6.07) is 7.35. The number of urea groups is 1. The molecule has 0 saturated carbocycles. The third kappa shape index (κ3) is 3.66. The van der Waals surface area contributed by atoms with Crippen molar-refractivity contribution in [3.63, 3.8) is 0 Å². The normalized spacial score (nSPS) is 17.8. The average molecular weight is 346 g/mol. The Bertz CT molecular complexity index is 782. The molecule has 1 saturated heterocycles. The van der Waals surface area contributed by atoms with Crippen molar-refractivity contribution >= 4 is 11.8 Å². The molecular weight excluding hydrogens is 323 g/mol. The van der Waals surface area contributed by atoms with Crippen LogP contribution in [0.5, 0.6) is 0 Å². The second-order valence-electron chi connectivity index (χ2n) is 7.00. The van der Waals surface area contributed by atoms with Crippen molar-refractivity contribution in [3.8, 4) is 5.69 Å². The Morgan fingerprint density at radius 3 is 2.84 bits per heavy atom. The number of hydrogen-bond acceptors (Lipinski definition) is 3. The number of aryl methyl sites for hydroxylation is 1. The van der Waals surface area contributed by atoms with E-state index in [1.54, 1.807) is 41.6 Å². The molecule has 2 heterocycles. The summed E-state index contributed by atoms with van der Waals surface area (Å²) in [6.45, 7) is 5.87. The number of nitrogens with one attached hydrogen (secondary N) is 1. The van der Waals surface area contributed by atoms with E-state index in [1.807, 2.05) is 6.92 Å². The van der Waals surface area contributed by atoms with Crippen molar-refractivity contribution in [2.75, 3.05) is 11.9 Å². The molecule has 6 nitrogen and oxygen atoms in total. The van der Waals surface area contributed by atoms with Crippen LogP contribution in [0.15, 0.2) is 30.3 Å². The summed E-state index contributed by atoms with van der Waals surface area (Å²) in [5.41, 5.74) is 0.417. The number of carbonyl (C=O) groups is 1. The molecule has 3 rings (SSSR count). The Hall–Kier alpha value is -2.41. The first-order chi connectivity index (χ1) is 11.8. The number of aromatic nitrogens is 2. The van der Waals surface area contributed by atoms with E-state index in [1.165, 1.54) is 12.1 Å². The predicted octanol–water partition coefficient (Wildman–Crippen LogP) is 3.09. The van der Waals surface area contributed by atoms with E-state index >= 15 is 0 Å². The molecule has 0 spiro atoms. The first-order valence-corrected chi connectivity index (χ1v) is 8.38. The minimum Gasteiger partial charge on any atom is -0.388 e. The summed E-state index contributed by atoms with van der Waals surface area (Å²) in [5.74, 6) is 0.0521. The molecule has 1 atom stereocenters. The van der Waals surface area contributed by atoms with Crippen molar-refractivity contribution in [1.82, 2.24) is 14.7 Å². The third-order valence-corrected chi connectivity index (χ3v) is 4.50. The minimum absolute atomic E-state index is 0.223. The molecule has 0 unspecified atom stereocenters. The first-order valence-electron chi connectivity index (χ1n) is 8.38. The highest BCUT2D eigenvalue weighted by molar-refractivity contribution is 5.89. The Balaban J connectivity index is 1.78. The minimum atomic E-state index is -0.954. The maximum absolute atomic E-state index is 13.4. The van der Waals surface area contributed by atoms with Gasteiger partial charge in [0.1, 0.15) is 5.82 Å². The van der Waals surface area contributed by atoms with Crippen molar-refractivity contribution in [2.45, 2.75) is 45.3 Å². The van der Waals surface area contributed by atoms with Crippen LogP contribution in [0.2, 0.25) is 0 Å². The molecule has 2 N–H and O–H groups in total. The second-order valence-corrected chi connectivity index (χ2v) is 7.00. The van der Waals surface area contributed by atoms with Gasteiger partial charge in [0.15, 0.2) is 5.82 Å². The lowest BCUT2D eigenvalue weighted by Crippen LogP contribution is -2.49. The molecule has 0 radical (unpaired) electrons. The fraction of sp³-hybridized carbons (Fsp3) is 0.444. The van der Waals surface area contributed by atoms with Crippen LogP contribution >= 0.6 is 0 Å². The smallest absolute Gasteiger partial charge is 0.323 e. The number of benzene rings is 1. The molecule has 0 bridgehead atoms. The fourth-order valence-corrected chi connectivity index (χ4v) is 3.33. The molecule has 2 aromatic rings. The Morgan fingerprint density at radius 1 is 1.40 bits per heavy atom. The summed E-state index contributed by atoms with van der Waals surface area (Å²) in [6.07, 6.45) is 1.63. The largest absolute Gasteiger partial charge is 0.388 e. The highest BCUT2D eigenvalue weighted by Gasteiger charge is 2.38. The van der Waals surface area contributed by atoms with Gasteiger partial charge >= 0.3 is 6.03 Å². The van der Waals surface area contributed by atoms with E-state index in [4.69, 9.17) is 0 Å². The maximum Gasteiger partial charge on any atom is 0.323 e. The summed E-state index contributed by atoms with van der Waals surface area (Å²) in [7, 11) is 0. The lowest BCUT2D eigenvalue weighted by molar-refractivity contribution is 0.0117. The molecule has 25 heavy (non-hydrogen) atoms. The maximum atomic E-state index is 13.4. The van der Waals surface area contributed by atoms with Gasteiger partial charge in [0.2, 0.25) is 0 Å². The van der Waals surface area contributed by atoms with E-state index in [0.29, 0.717) is 18.1 Å². The van der Waals surface area contributed by atoms with Gasteiger partial charge in [0, 0.05) is 18.3 Å². The second kappa shape index (κ2) is 6.48. The molecule has 1 aromatic heterocycles. The number of anilines is 1. The number of halogens is 1. The number of aliphatic hydroxyl groups is 1. The lowest BCUT2D eigenvalue weighted by atomic mass is 9.97. The van der Waals surface area contributed by atoms with Gasteiger partial charge in [0.05, 0.1) is 17.3 Å². The zero-order valence-corrected chi connectivity index (χ0v) is 14.7. The van der Waals surface area contributed by atoms with Crippen LogP contribution in [0.1, 0.15) is 32.4 Å². The number of likely N-dealkylation sites (tertiary alicyclic amines) is 1. The van der Waals surface area contributed by atoms with Gasteiger partial charge in [0.25, 0.3) is 0 Å². The standard InChI is InChI=1S/C18H23FN4O2/c1-12-10-16(21-23(12)14-7-4-6-13(19)11-14)20-17(24)22-9-5-8-15(22)18(2,3)25/h4,6-7,10-11,15,25H,5,8-9H2,1-3H3,(H,20,21,24)/t15-/m0/s1. The SMILES string of the molecule is Cc1cc(NC(=O)N2CCC[C@H]2C(C)(C)O)nn1-c1cccc(F)c1. The fourth-order valence-electron chi connectivity index (χ4n) is 3.33. The first kappa shape index (κ1) is 17.4. The van der Waals surface area contributed by atoms with Gasteiger partial charge in [-0.25, -0.2) is 13.9 Å². The van der Waals surface area contributed by atoms with Crippen LogP contribution < -0.4 is 5.32 Å². The zero-order chi connectivity index (χ0) is 18.2. The molecule has 134 valence electrons. The summed E-state index contributed by atoms with van der Waals surface area (Å²) < 4.78 is 15.0. The van der Waals surface area contributed by atoms with Gasteiger partial charge in [-0.2, -0.15) is 0 Å². The summed E-state index contributed by atoms with van der Waals surface area (Å²) in [4.78, 5) is 14.2. The predicted molar refractivity (Wildman–Crippen MR) is 93.3 cm³/mol. The van der Waals surface area contributed by atoms with Crippen LogP contribution in [0.25, 0.3) is 5.69 Å². The highest BCUT2D eigenvalue weighted by Crippen LogP contribution is 2.27. The molecule has 1 aliphatic rings. The van der Waals surface area contributed by atoms with Crippen LogP contribution in [0, 0.1) is 12.7 Å². The summed E-state index contributed by atoms with van der Waals surface area (Å²) >= 11 is 0. The molecule has 0 aliphatic carbocycles. The zero-order valence-electron chi connectivity index (χ0n) is 14.7. The Morgan fingerprint density at radius 2 is 2.16 bits per heavy atom. The van der Waals surface area contributed by atoms with Crippen LogP contribution in [0.3, 0.4) is 0 Å². The van der Waals surface area contributed by atoms with Crippen molar-refractivity contribution in [2.24, 2.45) is 0 Å². The van der Waals surface area contributed by atoms with Gasteiger partial charge in [-0.15, -0.1) is 5.10 Å². The Labute approximate surface area is 146 Å².